The lowest BCUT2D eigenvalue weighted by molar-refractivity contribution is -0.121. The maximum Gasteiger partial charge on any atom is 0.220 e. The Labute approximate surface area is 180 Å². The van der Waals surface area contributed by atoms with Gasteiger partial charge >= 0.3 is 0 Å². The third-order valence-corrected chi connectivity index (χ3v) is 6.38. The summed E-state index contributed by atoms with van der Waals surface area (Å²) in [6.45, 7) is 3.02. The average Bonchev–Trinajstić information content (AvgIpc) is 3.38. The molecule has 0 unspecified atom stereocenters. The number of ether oxygens (including phenoxy) is 1. The highest BCUT2D eigenvalue weighted by Crippen LogP contribution is 2.32. The predicted molar refractivity (Wildman–Crippen MR) is 117 cm³/mol. The van der Waals surface area contributed by atoms with E-state index in [-0.39, 0.29) is 5.91 Å². The van der Waals surface area contributed by atoms with E-state index in [2.05, 4.69) is 15.0 Å². The zero-order valence-corrected chi connectivity index (χ0v) is 17.8. The van der Waals surface area contributed by atoms with Crippen LogP contribution in [0.25, 0.3) is 10.9 Å². The Morgan fingerprint density at radius 1 is 1.33 bits per heavy atom. The summed E-state index contributed by atoms with van der Waals surface area (Å²) < 4.78 is 7.85. The summed E-state index contributed by atoms with van der Waals surface area (Å²) in [6.07, 6.45) is 7.43. The molecule has 3 heterocycles. The van der Waals surface area contributed by atoms with Gasteiger partial charge in [0.2, 0.25) is 5.91 Å². The van der Waals surface area contributed by atoms with Gasteiger partial charge in [-0.1, -0.05) is 11.6 Å². The van der Waals surface area contributed by atoms with Gasteiger partial charge < -0.3 is 15.0 Å². The van der Waals surface area contributed by atoms with E-state index in [0.717, 1.165) is 59.1 Å². The second-order valence-electron chi connectivity index (χ2n) is 8.40. The lowest BCUT2D eigenvalue weighted by atomic mass is 10.1. The molecule has 0 radical (unpaired) electrons. The molecular formula is C23H27ClN4O2. The summed E-state index contributed by atoms with van der Waals surface area (Å²) >= 11 is 6.11. The quantitative estimate of drug-likeness (QED) is 0.575. The van der Waals surface area contributed by atoms with Crippen molar-refractivity contribution in [3.05, 3.63) is 51.9 Å². The van der Waals surface area contributed by atoms with Gasteiger partial charge in [-0.2, -0.15) is 5.10 Å². The van der Waals surface area contributed by atoms with Gasteiger partial charge in [0.1, 0.15) is 0 Å². The molecule has 1 aromatic carbocycles. The number of aromatic nitrogens is 3. The molecule has 0 spiro atoms. The first-order chi connectivity index (χ1) is 14.7. The van der Waals surface area contributed by atoms with E-state index in [0.29, 0.717) is 26.0 Å². The van der Waals surface area contributed by atoms with Crippen LogP contribution in [0.5, 0.6) is 0 Å². The number of hydrogen-bond acceptors (Lipinski definition) is 3. The Hall–Kier alpha value is -2.31. The van der Waals surface area contributed by atoms with Crippen molar-refractivity contribution in [2.45, 2.75) is 51.7 Å². The van der Waals surface area contributed by atoms with Gasteiger partial charge in [0.05, 0.1) is 18.9 Å². The number of rotatable bonds is 8. The highest BCUT2D eigenvalue weighted by Gasteiger charge is 2.27. The third kappa shape index (κ3) is 4.25. The molecule has 5 rings (SSSR count). The fourth-order valence-electron chi connectivity index (χ4n) is 4.29. The summed E-state index contributed by atoms with van der Waals surface area (Å²) in [6, 6.07) is 5.82. The summed E-state index contributed by atoms with van der Waals surface area (Å²) in [7, 11) is 0. The summed E-state index contributed by atoms with van der Waals surface area (Å²) in [5.74, 6) is 0.850. The third-order valence-electron chi connectivity index (χ3n) is 6.14. The Bertz CT molecular complexity index is 1070. The number of aryl methyl sites for hydroxylation is 1. The summed E-state index contributed by atoms with van der Waals surface area (Å²) in [4.78, 5) is 15.7. The molecule has 1 aliphatic heterocycles. The van der Waals surface area contributed by atoms with Crippen LogP contribution in [0, 0.1) is 5.92 Å². The van der Waals surface area contributed by atoms with Crippen LogP contribution in [0.15, 0.2) is 24.4 Å². The van der Waals surface area contributed by atoms with Crippen molar-refractivity contribution >= 4 is 28.4 Å². The molecule has 2 aliphatic rings. The van der Waals surface area contributed by atoms with E-state index in [1.165, 1.54) is 24.1 Å². The molecule has 1 amide bonds. The zero-order chi connectivity index (χ0) is 20.5. The molecule has 1 fully saturated rings. The SMILES string of the molecule is O=C(CCc1nn(CC2CC2)c2c1COCC2)NCCc1c[nH]c2ccc(Cl)cc12. The van der Waals surface area contributed by atoms with Gasteiger partial charge in [0.25, 0.3) is 0 Å². The maximum absolute atomic E-state index is 12.4. The highest BCUT2D eigenvalue weighted by molar-refractivity contribution is 6.31. The fraction of sp³-hybridized carbons (Fsp3) is 0.478. The number of H-pyrrole nitrogens is 1. The minimum Gasteiger partial charge on any atom is -0.376 e. The number of nitrogens with zero attached hydrogens (tertiary/aromatic N) is 2. The molecule has 1 saturated carbocycles. The van der Waals surface area contributed by atoms with Gasteiger partial charge in [0, 0.05) is 65.7 Å². The number of amides is 1. The predicted octanol–water partition coefficient (Wildman–Crippen LogP) is 3.79. The van der Waals surface area contributed by atoms with Crippen LogP contribution in [0.3, 0.4) is 0 Å². The Morgan fingerprint density at radius 2 is 2.23 bits per heavy atom. The molecule has 7 heteroatoms. The highest BCUT2D eigenvalue weighted by atomic mass is 35.5. The van der Waals surface area contributed by atoms with Crippen molar-refractivity contribution < 1.29 is 9.53 Å². The number of halogens is 1. The molecule has 2 aromatic heterocycles. The van der Waals surface area contributed by atoms with Crippen LogP contribution < -0.4 is 5.32 Å². The minimum atomic E-state index is 0.0649. The molecule has 2 N–H and O–H groups in total. The van der Waals surface area contributed by atoms with E-state index in [4.69, 9.17) is 21.4 Å². The van der Waals surface area contributed by atoms with Crippen molar-refractivity contribution in [2.24, 2.45) is 5.92 Å². The van der Waals surface area contributed by atoms with Crippen LogP contribution in [0.2, 0.25) is 5.02 Å². The van der Waals surface area contributed by atoms with Gasteiger partial charge in [-0.05, 0) is 48.9 Å². The topological polar surface area (TPSA) is 71.9 Å². The van der Waals surface area contributed by atoms with Crippen molar-refractivity contribution in [1.29, 1.82) is 0 Å². The first-order valence-corrected chi connectivity index (χ1v) is 11.2. The molecule has 0 atom stereocenters. The average molecular weight is 427 g/mol. The summed E-state index contributed by atoms with van der Waals surface area (Å²) in [5.41, 5.74) is 5.80. The van der Waals surface area contributed by atoms with Crippen molar-refractivity contribution in [3.63, 3.8) is 0 Å². The second kappa shape index (κ2) is 8.44. The number of aromatic amines is 1. The number of nitrogens with one attached hydrogen (secondary N) is 2. The van der Waals surface area contributed by atoms with Crippen molar-refractivity contribution in [1.82, 2.24) is 20.1 Å². The lowest BCUT2D eigenvalue weighted by Gasteiger charge is -2.15. The number of fused-ring (bicyclic) bond motifs is 2. The Kier molecular flexibility index (Phi) is 5.52. The Morgan fingerprint density at radius 3 is 3.10 bits per heavy atom. The van der Waals surface area contributed by atoms with Crippen molar-refractivity contribution in [2.75, 3.05) is 13.2 Å². The van der Waals surface area contributed by atoms with Gasteiger partial charge in [-0.3, -0.25) is 9.48 Å². The monoisotopic (exact) mass is 426 g/mol. The van der Waals surface area contributed by atoms with Crippen LogP contribution in [-0.4, -0.2) is 33.8 Å². The largest absolute Gasteiger partial charge is 0.376 e. The molecular weight excluding hydrogens is 400 g/mol. The molecule has 0 bridgehead atoms. The smallest absolute Gasteiger partial charge is 0.220 e. The summed E-state index contributed by atoms with van der Waals surface area (Å²) in [5, 5.41) is 9.73. The number of hydrogen-bond donors (Lipinski definition) is 2. The maximum atomic E-state index is 12.4. The molecule has 30 heavy (non-hydrogen) atoms. The number of benzene rings is 1. The molecule has 158 valence electrons. The lowest BCUT2D eigenvalue weighted by Crippen LogP contribution is -2.26. The van der Waals surface area contributed by atoms with E-state index in [1.807, 2.05) is 24.4 Å². The van der Waals surface area contributed by atoms with E-state index in [1.54, 1.807) is 0 Å². The van der Waals surface area contributed by atoms with E-state index in [9.17, 15) is 4.79 Å². The minimum absolute atomic E-state index is 0.0649. The molecule has 6 nitrogen and oxygen atoms in total. The van der Waals surface area contributed by atoms with Gasteiger partial charge in [0.15, 0.2) is 0 Å². The van der Waals surface area contributed by atoms with Gasteiger partial charge in [-0.15, -0.1) is 0 Å². The molecule has 0 saturated heterocycles. The van der Waals surface area contributed by atoms with Crippen molar-refractivity contribution in [3.8, 4) is 0 Å². The van der Waals surface area contributed by atoms with E-state index >= 15 is 0 Å². The number of carbonyl (C=O) groups excluding carboxylic acids is 1. The molecule has 3 aromatic rings. The molecule has 1 aliphatic carbocycles. The first-order valence-electron chi connectivity index (χ1n) is 10.8. The van der Waals surface area contributed by atoms with Gasteiger partial charge in [-0.25, -0.2) is 0 Å². The van der Waals surface area contributed by atoms with Crippen LogP contribution >= 0.6 is 11.6 Å². The number of carbonyl (C=O) groups is 1. The first kappa shape index (κ1) is 19.6. The fourth-order valence-corrected chi connectivity index (χ4v) is 4.46. The second-order valence-corrected chi connectivity index (χ2v) is 8.84. The zero-order valence-electron chi connectivity index (χ0n) is 17.0. The van der Waals surface area contributed by atoms with Crippen LogP contribution in [0.1, 0.15) is 41.8 Å². The standard InChI is InChI=1S/C23H27ClN4O2/c24-17-3-4-20-18(11-17)16(12-26-20)7-9-25-23(29)6-5-21-19-14-30-10-8-22(19)28(27-21)13-15-1-2-15/h3-4,11-12,15,26H,1-2,5-10,13-14H2,(H,25,29). The normalized spacial score (nSPS) is 16.0. The Balaban J connectivity index is 1.15. The van der Waals surface area contributed by atoms with Crippen LogP contribution in [-0.2, 0) is 41.9 Å². The van der Waals surface area contributed by atoms with E-state index < -0.39 is 0 Å². The van der Waals surface area contributed by atoms with Crippen LogP contribution in [0.4, 0.5) is 0 Å².